The van der Waals surface area contributed by atoms with E-state index in [9.17, 15) is 10.2 Å². The summed E-state index contributed by atoms with van der Waals surface area (Å²) in [6.45, 7) is 4.44. The lowest BCUT2D eigenvalue weighted by Crippen LogP contribution is -2.40. The first-order valence-electron chi connectivity index (χ1n) is 19.7. The van der Waals surface area contributed by atoms with Gasteiger partial charge in [-0.1, -0.05) is 140 Å². The van der Waals surface area contributed by atoms with Crippen LogP contribution >= 0.6 is 0 Å². The Morgan fingerprint density at radius 3 is 1.22 bits per heavy atom. The van der Waals surface area contributed by atoms with Gasteiger partial charge >= 0.3 is 0 Å². The first kappa shape index (κ1) is 44.8. The van der Waals surface area contributed by atoms with Crippen LogP contribution in [0.4, 0.5) is 0 Å². The predicted molar refractivity (Wildman–Crippen MR) is 201 cm³/mol. The van der Waals surface area contributed by atoms with Gasteiger partial charge in [0.15, 0.2) is 5.79 Å². The van der Waals surface area contributed by atoms with Crippen LogP contribution in [0.25, 0.3) is 0 Å². The summed E-state index contributed by atoms with van der Waals surface area (Å²) in [7, 11) is 1.75. The Morgan fingerprint density at radius 2 is 0.870 bits per heavy atom. The maximum atomic E-state index is 9.83. The minimum atomic E-state index is -0.660. The van der Waals surface area contributed by atoms with Gasteiger partial charge in [0.1, 0.15) is 0 Å². The molecule has 0 heterocycles. The summed E-state index contributed by atoms with van der Waals surface area (Å²) in [4.78, 5) is 0. The summed E-state index contributed by atoms with van der Waals surface area (Å²) in [5.74, 6) is -0.660. The van der Waals surface area contributed by atoms with E-state index in [1.54, 1.807) is 7.11 Å². The fraction of sp³-hybridized carbons (Fsp3) is 0.810. The predicted octanol–water partition coefficient (Wildman–Crippen LogP) is 12.5. The molecule has 0 spiro atoms. The van der Waals surface area contributed by atoms with Crippen molar-refractivity contribution in [2.24, 2.45) is 0 Å². The molecule has 0 rings (SSSR count). The number of methoxy groups -OCH3 is 1. The maximum Gasteiger partial charge on any atom is 0.168 e. The molecular formula is C42H78O4. The van der Waals surface area contributed by atoms with Crippen molar-refractivity contribution in [3.8, 4) is 0 Å². The van der Waals surface area contributed by atoms with E-state index in [0.717, 1.165) is 38.5 Å². The van der Waals surface area contributed by atoms with Gasteiger partial charge in [0.25, 0.3) is 0 Å². The van der Waals surface area contributed by atoms with Crippen molar-refractivity contribution in [1.29, 1.82) is 0 Å². The van der Waals surface area contributed by atoms with Crippen LogP contribution in [0, 0.1) is 0 Å². The summed E-state index contributed by atoms with van der Waals surface area (Å²) in [5.41, 5.74) is 0. The highest BCUT2D eigenvalue weighted by molar-refractivity contribution is 4.93. The number of allylic oxidation sites excluding steroid dienone is 8. The molecule has 0 saturated heterocycles. The molecule has 0 bridgehead atoms. The molecule has 0 fully saturated rings. The number of rotatable bonds is 36. The largest absolute Gasteiger partial charge is 0.396 e. The van der Waals surface area contributed by atoms with E-state index in [1.165, 1.54) is 128 Å². The fourth-order valence-electron chi connectivity index (χ4n) is 5.90. The molecule has 0 radical (unpaired) electrons. The molecule has 4 nitrogen and oxygen atoms in total. The zero-order valence-corrected chi connectivity index (χ0v) is 30.9. The van der Waals surface area contributed by atoms with Gasteiger partial charge in [-0.3, -0.25) is 0 Å². The van der Waals surface area contributed by atoms with Gasteiger partial charge in [-0.25, -0.2) is 0 Å². The number of aliphatic hydroxyl groups excluding tert-OH is 2. The Bertz CT molecular complexity index is 662. The van der Waals surface area contributed by atoms with Crippen molar-refractivity contribution < 1.29 is 19.7 Å². The highest BCUT2D eigenvalue weighted by Crippen LogP contribution is 2.30. The first-order valence-corrected chi connectivity index (χ1v) is 19.7. The monoisotopic (exact) mass is 647 g/mol. The number of hydrogen-bond acceptors (Lipinski definition) is 4. The molecule has 1 atom stereocenters. The lowest BCUT2D eigenvalue weighted by Gasteiger charge is -2.36. The Hall–Kier alpha value is -1.20. The van der Waals surface area contributed by atoms with E-state index in [4.69, 9.17) is 9.47 Å². The van der Waals surface area contributed by atoms with Gasteiger partial charge in [-0.05, 0) is 83.5 Å². The lowest BCUT2D eigenvalue weighted by molar-refractivity contribution is -0.261. The molecule has 270 valence electrons. The highest BCUT2D eigenvalue weighted by atomic mass is 16.7. The smallest absolute Gasteiger partial charge is 0.168 e. The van der Waals surface area contributed by atoms with Gasteiger partial charge in [0.2, 0.25) is 0 Å². The van der Waals surface area contributed by atoms with E-state index in [2.05, 4.69) is 62.5 Å². The van der Waals surface area contributed by atoms with Crippen LogP contribution < -0.4 is 0 Å². The average Bonchev–Trinajstić information content (AvgIpc) is 3.07. The van der Waals surface area contributed by atoms with Gasteiger partial charge < -0.3 is 19.7 Å². The molecule has 0 aromatic carbocycles. The summed E-state index contributed by atoms with van der Waals surface area (Å²) < 4.78 is 12.4. The zero-order valence-electron chi connectivity index (χ0n) is 30.9. The first-order chi connectivity index (χ1) is 22.7. The Balaban J connectivity index is 4.19. The van der Waals surface area contributed by atoms with E-state index in [1.807, 2.05) is 0 Å². The number of hydrogen-bond donors (Lipinski definition) is 2. The van der Waals surface area contributed by atoms with E-state index >= 15 is 0 Å². The maximum absolute atomic E-state index is 9.83. The minimum absolute atomic E-state index is 0.0148. The van der Waals surface area contributed by atoms with Crippen LogP contribution in [-0.2, 0) is 9.47 Å². The summed E-state index contributed by atoms with van der Waals surface area (Å²) in [5, 5.41) is 19.3. The van der Waals surface area contributed by atoms with Gasteiger partial charge in [0.05, 0.1) is 12.7 Å². The van der Waals surface area contributed by atoms with Crippen LogP contribution in [-0.4, -0.2) is 42.4 Å². The molecular weight excluding hydrogens is 568 g/mol. The minimum Gasteiger partial charge on any atom is -0.396 e. The van der Waals surface area contributed by atoms with Gasteiger partial charge in [-0.15, -0.1) is 0 Å². The molecule has 0 aromatic rings. The van der Waals surface area contributed by atoms with Gasteiger partial charge in [-0.2, -0.15) is 0 Å². The van der Waals surface area contributed by atoms with Crippen LogP contribution in [0.1, 0.15) is 187 Å². The molecule has 46 heavy (non-hydrogen) atoms. The van der Waals surface area contributed by atoms with E-state index in [-0.39, 0.29) is 19.3 Å². The third-order valence-electron chi connectivity index (χ3n) is 8.92. The highest BCUT2D eigenvalue weighted by Gasteiger charge is 2.32. The van der Waals surface area contributed by atoms with E-state index in [0.29, 0.717) is 6.42 Å². The molecule has 0 aliphatic heterocycles. The van der Waals surface area contributed by atoms with Crippen molar-refractivity contribution in [2.75, 3.05) is 20.3 Å². The molecule has 0 amide bonds. The SMILES string of the molecule is CCCCC/C=C\C/C=C\CCCCCCCCC(CCCCCCCC/C=C\C/C=C\CCCCC)(OC)O[C@@H](CO)CCO. The van der Waals surface area contributed by atoms with Crippen LogP contribution in [0.3, 0.4) is 0 Å². The molecule has 4 heteroatoms. The summed E-state index contributed by atoms with van der Waals surface area (Å²) in [6.07, 6.45) is 49.9. The third-order valence-corrected chi connectivity index (χ3v) is 8.92. The second-order valence-electron chi connectivity index (χ2n) is 13.2. The summed E-state index contributed by atoms with van der Waals surface area (Å²) in [6, 6.07) is 0. The normalized spacial score (nSPS) is 13.4. The molecule has 0 aliphatic carbocycles. The molecule has 0 unspecified atom stereocenters. The van der Waals surface area contributed by atoms with Crippen molar-refractivity contribution in [3.63, 3.8) is 0 Å². The number of ether oxygens (including phenoxy) is 2. The second kappa shape index (κ2) is 36.6. The standard InChI is InChI=1S/C42H78O4/c1-4-6-8-10-12-14-16-18-20-22-24-26-28-30-32-34-37-42(45-3,46-41(40-44)36-39-43)38-35-33-31-29-27-25-23-21-19-17-15-13-11-9-7-5-2/h12-15,18-21,41,43-44H,4-11,16-17,22-40H2,1-3H3/b14-12-,15-13-,20-18-,21-19-/t41-/m1/s1. The Labute approximate surface area is 287 Å². The molecule has 0 aromatic heterocycles. The second-order valence-corrected chi connectivity index (χ2v) is 13.2. The molecule has 0 saturated carbocycles. The van der Waals surface area contributed by atoms with Crippen LogP contribution in [0.2, 0.25) is 0 Å². The van der Waals surface area contributed by atoms with Crippen LogP contribution in [0.15, 0.2) is 48.6 Å². The molecule has 2 N–H and O–H groups in total. The van der Waals surface area contributed by atoms with Crippen LogP contribution in [0.5, 0.6) is 0 Å². The lowest BCUT2D eigenvalue weighted by atomic mass is 9.98. The van der Waals surface area contributed by atoms with Crippen molar-refractivity contribution in [1.82, 2.24) is 0 Å². The van der Waals surface area contributed by atoms with E-state index < -0.39 is 5.79 Å². The molecule has 0 aliphatic rings. The quantitative estimate of drug-likeness (QED) is 0.0404. The van der Waals surface area contributed by atoms with Gasteiger partial charge in [0, 0.05) is 26.6 Å². The fourth-order valence-corrected chi connectivity index (χ4v) is 5.90. The zero-order chi connectivity index (χ0) is 33.7. The van der Waals surface area contributed by atoms with Crippen molar-refractivity contribution >= 4 is 0 Å². The van der Waals surface area contributed by atoms with Crippen molar-refractivity contribution in [3.05, 3.63) is 48.6 Å². The third kappa shape index (κ3) is 30.2. The average molecular weight is 647 g/mol. The van der Waals surface area contributed by atoms with Crippen molar-refractivity contribution in [2.45, 2.75) is 199 Å². The topological polar surface area (TPSA) is 58.9 Å². The summed E-state index contributed by atoms with van der Waals surface area (Å²) >= 11 is 0. The number of unbranched alkanes of at least 4 members (excludes halogenated alkanes) is 18. The number of aliphatic hydroxyl groups is 2. The Morgan fingerprint density at radius 1 is 0.500 bits per heavy atom. The Kier molecular flexibility index (Phi) is 35.7.